The van der Waals surface area contributed by atoms with Crippen LogP contribution in [-0.4, -0.2) is 25.0 Å². The maximum atomic E-state index is 12.0. The van der Waals surface area contributed by atoms with Gasteiger partial charge in [0, 0.05) is 42.5 Å². The van der Waals surface area contributed by atoms with Gasteiger partial charge in [-0.1, -0.05) is 11.6 Å². The number of hydrogen-bond donors (Lipinski definition) is 0. The Balaban J connectivity index is 2.22. The monoisotopic (exact) mass is 274 g/mol. The summed E-state index contributed by atoms with van der Waals surface area (Å²) in [6.45, 7) is 0. The molecule has 0 aliphatic rings. The first kappa shape index (κ1) is 13.4. The fourth-order valence-electron chi connectivity index (χ4n) is 1.66. The molecule has 0 saturated heterocycles. The Morgan fingerprint density at radius 2 is 1.58 bits per heavy atom. The first-order chi connectivity index (χ1) is 9.06. The van der Waals surface area contributed by atoms with Gasteiger partial charge in [-0.15, -0.1) is 0 Å². The Kier molecular flexibility index (Phi) is 4.07. The van der Waals surface area contributed by atoms with Gasteiger partial charge < -0.3 is 10.1 Å². The largest absolute Gasteiger partial charge is 0.618 e. The van der Waals surface area contributed by atoms with E-state index in [0.717, 1.165) is 16.0 Å². The van der Waals surface area contributed by atoms with Crippen molar-refractivity contribution in [3.05, 3.63) is 64.3 Å². The zero-order valence-electron chi connectivity index (χ0n) is 10.9. The van der Waals surface area contributed by atoms with Gasteiger partial charge in [0.15, 0.2) is 6.21 Å². The molecule has 2 rings (SSSR count). The molecule has 4 heteroatoms. The highest BCUT2D eigenvalue weighted by Crippen LogP contribution is 2.16. The summed E-state index contributed by atoms with van der Waals surface area (Å²) in [5, 5.41) is 12.6. The van der Waals surface area contributed by atoms with Crippen LogP contribution in [0.3, 0.4) is 0 Å². The molecule has 0 bridgehead atoms. The molecule has 0 saturated carbocycles. The van der Waals surface area contributed by atoms with Gasteiger partial charge >= 0.3 is 0 Å². The van der Waals surface area contributed by atoms with E-state index >= 15 is 0 Å². The molecule has 0 N–H and O–H groups in total. The lowest BCUT2D eigenvalue weighted by atomic mass is 10.2. The third kappa shape index (κ3) is 3.48. The van der Waals surface area contributed by atoms with Crippen LogP contribution in [0.5, 0.6) is 0 Å². The molecule has 0 spiro atoms. The summed E-state index contributed by atoms with van der Waals surface area (Å²) in [6, 6.07) is 14.6. The molecule has 0 aliphatic heterocycles. The zero-order valence-corrected chi connectivity index (χ0v) is 11.6. The van der Waals surface area contributed by atoms with Crippen LogP contribution in [0.1, 0.15) is 5.56 Å². The number of benzene rings is 2. The lowest BCUT2D eigenvalue weighted by Gasteiger charge is -2.11. The number of rotatable bonds is 3. The summed E-state index contributed by atoms with van der Waals surface area (Å²) in [5.41, 5.74) is 2.51. The molecule has 19 heavy (non-hydrogen) atoms. The topological polar surface area (TPSA) is 29.3 Å². The van der Waals surface area contributed by atoms with E-state index in [-0.39, 0.29) is 0 Å². The summed E-state index contributed by atoms with van der Waals surface area (Å²) in [6.07, 6.45) is 1.54. The third-order valence-electron chi connectivity index (χ3n) is 2.76. The summed E-state index contributed by atoms with van der Waals surface area (Å²) in [7, 11) is 3.96. The van der Waals surface area contributed by atoms with Gasteiger partial charge in [-0.3, -0.25) is 0 Å². The van der Waals surface area contributed by atoms with Crippen molar-refractivity contribution in [2.45, 2.75) is 0 Å². The standard InChI is InChI=1S/C15H15ClN2O/c1-17(2)14-7-3-12(4-8-14)11-18(19)15-9-5-13(16)6-10-15/h3-11H,1-2H3/b18-11-. The van der Waals surface area contributed by atoms with Gasteiger partial charge in [0.25, 0.3) is 0 Å². The van der Waals surface area contributed by atoms with Crippen LogP contribution in [-0.2, 0) is 0 Å². The minimum absolute atomic E-state index is 0.557. The van der Waals surface area contributed by atoms with E-state index in [1.54, 1.807) is 30.5 Å². The minimum atomic E-state index is 0.557. The molecule has 0 radical (unpaired) electrons. The molecule has 2 aromatic carbocycles. The highest BCUT2D eigenvalue weighted by atomic mass is 35.5. The summed E-state index contributed by atoms with van der Waals surface area (Å²) >= 11 is 5.79. The Hall–Kier alpha value is -2.00. The Morgan fingerprint density at radius 3 is 2.11 bits per heavy atom. The molecule has 0 amide bonds. The predicted octanol–water partition coefficient (Wildman–Crippen LogP) is 3.67. The average molecular weight is 275 g/mol. The van der Waals surface area contributed by atoms with Crippen molar-refractivity contribution < 1.29 is 4.74 Å². The van der Waals surface area contributed by atoms with E-state index in [2.05, 4.69) is 0 Å². The summed E-state index contributed by atoms with van der Waals surface area (Å²) in [4.78, 5) is 2.01. The highest BCUT2D eigenvalue weighted by molar-refractivity contribution is 6.30. The van der Waals surface area contributed by atoms with Crippen LogP contribution >= 0.6 is 11.6 Å². The maximum Gasteiger partial charge on any atom is 0.216 e. The number of halogens is 1. The van der Waals surface area contributed by atoms with Crippen LogP contribution in [0.25, 0.3) is 0 Å². The van der Waals surface area contributed by atoms with Crippen molar-refractivity contribution in [2.75, 3.05) is 19.0 Å². The van der Waals surface area contributed by atoms with E-state index < -0.39 is 0 Å². The van der Waals surface area contributed by atoms with Crippen molar-refractivity contribution in [3.63, 3.8) is 0 Å². The van der Waals surface area contributed by atoms with E-state index in [4.69, 9.17) is 11.6 Å². The lowest BCUT2D eigenvalue weighted by Crippen LogP contribution is -2.08. The fourth-order valence-corrected chi connectivity index (χ4v) is 1.78. The van der Waals surface area contributed by atoms with Crippen molar-refractivity contribution in [2.24, 2.45) is 0 Å². The lowest BCUT2D eigenvalue weighted by molar-refractivity contribution is -0.354. The summed E-state index contributed by atoms with van der Waals surface area (Å²) in [5.74, 6) is 0. The van der Waals surface area contributed by atoms with E-state index in [1.807, 2.05) is 43.3 Å². The van der Waals surface area contributed by atoms with Crippen LogP contribution in [0.2, 0.25) is 5.02 Å². The fraction of sp³-hybridized carbons (Fsp3) is 0.133. The van der Waals surface area contributed by atoms with E-state index in [1.165, 1.54) is 0 Å². The molecule has 0 heterocycles. The van der Waals surface area contributed by atoms with Crippen molar-refractivity contribution >= 4 is 29.2 Å². The van der Waals surface area contributed by atoms with Gasteiger partial charge in [-0.25, -0.2) is 0 Å². The zero-order chi connectivity index (χ0) is 13.8. The van der Waals surface area contributed by atoms with Gasteiger partial charge in [0.2, 0.25) is 5.69 Å². The van der Waals surface area contributed by atoms with Gasteiger partial charge in [-0.05, 0) is 36.4 Å². The second kappa shape index (κ2) is 5.76. The van der Waals surface area contributed by atoms with Gasteiger partial charge in [0.05, 0.1) is 0 Å². The van der Waals surface area contributed by atoms with Gasteiger partial charge in [0.1, 0.15) is 0 Å². The number of hydrogen-bond acceptors (Lipinski definition) is 2. The molecular formula is C15H15ClN2O. The summed E-state index contributed by atoms with van der Waals surface area (Å²) < 4.78 is 0.834. The predicted molar refractivity (Wildman–Crippen MR) is 80.7 cm³/mol. The van der Waals surface area contributed by atoms with Crippen LogP contribution < -0.4 is 4.90 Å². The molecule has 0 aromatic heterocycles. The van der Waals surface area contributed by atoms with Crippen molar-refractivity contribution in [3.8, 4) is 0 Å². The number of nitrogens with zero attached hydrogens (tertiary/aromatic N) is 2. The van der Waals surface area contributed by atoms with Gasteiger partial charge in [-0.2, -0.15) is 4.74 Å². The molecule has 0 unspecified atom stereocenters. The van der Waals surface area contributed by atoms with Crippen molar-refractivity contribution in [1.82, 2.24) is 0 Å². The first-order valence-corrected chi connectivity index (χ1v) is 6.28. The van der Waals surface area contributed by atoms with Crippen LogP contribution in [0, 0.1) is 5.21 Å². The molecule has 0 atom stereocenters. The van der Waals surface area contributed by atoms with E-state index in [0.29, 0.717) is 10.7 Å². The Morgan fingerprint density at radius 1 is 1.00 bits per heavy atom. The van der Waals surface area contributed by atoms with Crippen LogP contribution in [0.4, 0.5) is 11.4 Å². The highest BCUT2D eigenvalue weighted by Gasteiger charge is 2.02. The minimum Gasteiger partial charge on any atom is -0.618 e. The molecule has 0 aliphatic carbocycles. The van der Waals surface area contributed by atoms with Crippen molar-refractivity contribution in [1.29, 1.82) is 0 Å². The van der Waals surface area contributed by atoms with E-state index in [9.17, 15) is 5.21 Å². The Labute approximate surface area is 117 Å². The molecule has 98 valence electrons. The number of anilines is 1. The molecule has 0 fully saturated rings. The normalized spacial score (nSPS) is 11.4. The quantitative estimate of drug-likeness (QED) is 0.370. The average Bonchev–Trinajstić information content (AvgIpc) is 2.40. The first-order valence-electron chi connectivity index (χ1n) is 5.90. The SMILES string of the molecule is CN(C)c1ccc(/C=[N+](\[O-])c2ccc(Cl)cc2)cc1. The smallest absolute Gasteiger partial charge is 0.216 e. The Bertz CT molecular complexity index is 574. The second-order valence-electron chi connectivity index (χ2n) is 4.42. The molecular weight excluding hydrogens is 260 g/mol. The second-order valence-corrected chi connectivity index (χ2v) is 4.85. The molecule has 3 nitrogen and oxygen atoms in total. The maximum absolute atomic E-state index is 12.0. The third-order valence-corrected chi connectivity index (χ3v) is 3.01. The van der Waals surface area contributed by atoms with Crippen LogP contribution in [0.15, 0.2) is 48.5 Å². The molecule has 2 aromatic rings.